The van der Waals surface area contributed by atoms with E-state index in [-0.39, 0.29) is 24.3 Å². The maximum atomic E-state index is 13.7. The maximum absolute atomic E-state index is 13.7. The molecule has 0 bridgehead atoms. The van der Waals surface area contributed by atoms with Crippen molar-refractivity contribution in [3.05, 3.63) is 59.4 Å². The first-order valence-corrected chi connectivity index (χ1v) is 10.8. The molecule has 1 saturated heterocycles. The number of nitrogens with zero attached hydrogens (tertiary/aromatic N) is 2. The van der Waals surface area contributed by atoms with Crippen LogP contribution >= 0.6 is 0 Å². The van der Waals surface area contributed by atoms with Crippen molar-refractivity contribution >= 4 is 11.6 Å². The zero-order chi connectivity index (χ0) is 20.9. The highest BCUT2D eigenvalue weighted by Gasteiger charge is 2.25. The van der Waals surface area contributed by atoms with Crippen LogP contribution in [-0.2, 0) is 11.2 Å². The molecule has 30 heavy (non-hydrogen) atoms. The van der Waals surface area contributed by atoms with E-state index in [9.17, 15) is 9.18 Å². The van der Waals surface area contributed by atoms with Gasteiger partial charge in [0.15, 0.2) is 18.2 Å². The zero-order valence-corrected chi connectivity index (χ0v) is 17.6. The quantitative estimate of drug-likeness (QED) is 0.757. The molecule has 2 aromatic carbocycles. The summed E-state index contributed by atoms with van der Waals surface area (Å²) in [6, 6.07) is 13.0. The average Bonchev–Trinajstić information content (AvgIpc) is 3.14. The number of benzene rings is 2. The minimum Gasteiger partial charge on any atom is -0.481 e. The molecule has 0 spiro atoms. The molecule has 0 aliphatic carbocycles. The molecule has 2 aliphatic heterocycles. The largest absolute Gasteiger partial charge is 0.481 e. The number of fused-ring (bicyclic) bond motifs is 1. The Morgan fingerprint density at radius 2 is 1.93 bits per heavy atom. The molecule has 2 heterocycles. The maximum Gasteiger partial charge on any atom is 0.258 e. The molecule has 0 unspecified atom stereocenters. The summed E-state index contributed by atoms with van der Waals surface area (Å²) >= 11 is 0. The van der Waals surface area contributed by atoms with E-state index in [1.165, 1.54) is 48.2 Å². The lowest BCUT2D eigenvalue weighted by atomic mass is 9.98. The fourth-order valence-electron chi connectivity index (χ4n) is 4.45. The number of carbonyl (C=O) groups is 1. The molecule has 4 rings (SSSR count). The summed E-state index contributed by atoms with van der Waals surface area (Å²) in [6.45, 7) is 3.47. The van der Waals surface area contributed by atoms with Crippen LogP contribution in [0.3, 0.4) is 0 Å². The molecule has 1 fully saturated rings. The second kappa shape index (κ2) is 9.47. The molecular formula is C24H30FN3O2. The third-order valence-corrected chi connectivity index (χ3v) is 6.14. The molecule has 160 valence electrons. The van der Waals surface area contributed by atoms with Gasteiger partial charge in [-0.05, 0) is 61.7 Å². The van der Waals surface area contributed by atoms with Gasteiger partial charge in [0.2, 0.25) is 0 Å². The number of para-hydroxylation sites is 1. The molecule has 1 amide bonds. The van der Waals surface area contributed by atoms with Crippen LogP contribution in [0.4, 0.5) is 10.1 Å². The van der Waals surface area contributed by atoms with Crippen LogP contribution in [0.5, 0.6) is 5.75 Å². The number of likely N-dealkylation sites (N-methyl/N-ethyl adjacent to an activating group) is 1. The Bertz CT molecular complexity index is 883. The lowest BCUT2D eigenvalue weighted by Crippen LogP contribution is -2.41. The van der Waals surface area contributed by atoms with Gasteiger partial charge in [-0.1, -0.05) is 30.7 Å². The molecule has 1 atom stereocenters. The zero-order valence-electron chi connectivity index (χ0n) is 17.6. The van der Waals surface area contributed by atoms with Crippen molar-refractivity contribution in [1.29, 1.82) is 0 Å². The van der Waals surface area contributed by atoms with Crippen molar-refractivity contribution in [2.24, 2.45) is 0 Å². The van der Waals surface area contributed by atoms with Gasteiger partial charge >= 0.3 is 0 Å². The Hall–Kier alpha value is -2.60. The Morgan fingerprint density at radius 3 is 2.73 bits per heavy atom. The first kappa shape index (κ1) is 20.7. The van der Waals surface area contributed by atoms with Crippen LogP contribution in [0.1, 0.15) is 36.4 Å². The van der Waals surface area contributed by atoms with Crippen molar-refractivity contribution in [2.45, 2.75) is 31.7 Å². The van der Waals surface area contributed by atoms with Gasteiger partial charge in [0, 0.05) is 25.8 Å². The summed E-state index contributed by atoms with van der Waals surface area (Å²) in [4.78, 5) is 17.2. The summed E-state index contributed by atoms with van der Waals surface area (Å²) in [5, 5.41) is 3.01. The molecule has 0 radical (unpaired) electrons. The molecular weight excluding hydrogens is 381 g/mol. The fourth-order valence-corrected chi connectivity index (χ4v) is 4.45. The molecule has 6 heteroatoms. The molecule has 0 aromatic heterocycles. The molecule has 0 saturated carbocycles. The number of piperidine rings is 1. The number of ether oxygens (including phenoxy) is 1. The SMILES string of the molecule is CN1CCc2cc([C@@H](CNC(=O)COc3ccccc3F)N3CCCCC3)ccc21. The van der Waals surface area contributed by atoms with Crippen LogP contribution in [0.25, 0.3) is 0 Å². The molecule has 2 aliphatic rings. The Morgan fingerprint density at radius 1 is 1.13 bits per heavy atom. The second-order valence-electron chi connectivity index (χ2n) is 8.20. The fraction of sp³-hybridized carbons (Fsp3) is 0.458. The van der Waals surface area contributed by atoms with E-state index in [1.807, 2.05) is 0 Å². The summed E-state index contributed by atoms with van der Waals surface area (Å²) in [5.41, 5.74) is 3.94. The van der Waals surface area contributed by atoms with Crippen molar-refractivity contribution in [3.63, 3.8) is 0 Å². The third kappa shape index (κ3) is 4.75. The number of rotatable bonds is 7. The van der Waals surface area contributed by atoms with Gasteiger partial charge in [-0.25, -0.2) is 4.39 Å². The van der Waals surface area contributed by atoms with E-state index in [2.05, 4.69) is 40.4 Å². The smallest absolute Gasteiger partial charge is 0.258 e. The highest BCUT2D eigenvalue weighted by Crippen LogP contribution is 2.32. The molecule has 2 aromatic rings. The minimum atomic E-state index is -0.459. The van der Waals surface area contributed by atoms with Gasteiger partial charge in [0.1, 0.15) is 0 Å². The van der Waals surface area contributed by atoms with E-state index in [1.54, 1.807) is 12.1 Å². The van der Waals surface area contributed by atoms with Crippen LogP contribution in [0, 0.1) is 5.82 Å². The van der Waals surface area contributed by atoms with Gasteiger partial charge in [0.05, 0.1) is 6.04 Å². The van der Waals surface area contributed by atoms with E-state index >= 15 is 0 Å². The van der Waals surface area contributed by atoms with Gasteiger partial charge < -0.3 is 15.0 Å². The number of likely N-dealkylation sites (tertiary alicyclic amines) is 1. The highest BCUT2D eigenvalue weighted by atomic mass is 19.1. The first-order chi connectivity index (χ1) is 14.6. The minimum absolute atomic E-state index is 0.1000. The number of amides is 1. The summed E-state index contributed by atoms with van der Waals surface area (Å²) in [5.74, 6) is -0.594. The van der Waals surface area contributed by atoms with Crippen LogP contribution in [0.15, 0.2) is 42.5 Å². The summed E-state index contributed by atoms with van der Waals surface area (Å²) in [7, 11) is 2.13. The highest BCUT2D eigenvalue weighted by molar-refractivity contribution is 5.77. The monoisotopic (exact) mass is 411 g/mol. The normalized spacial score (nSPS) is 17.5. The van der Waals surface area contributed by atoms with Gasteiger partial charge in [0.25, 0.3) is 5.91 Å². The van der Waals surface area contributed by atoms with E-state index in [4.69, 9.17) is 4.74 Å². The topological polar surface area (TPSA) is 44.8 Å². The van der Waals surface area contributed by atoms with Crippen molar-refractivity contribution in [2.75, 3.05) is 44.7 Å². The van der Waals surface area contributed by atoms with Crippen LogP contribution < -0.4 is 15.0 Å². The first-order valence-electron chi connectivity index (χ1n) is 10.8. The number of nitrogens with one attached hydrogen (secondary N) is 1. The van der Waals surface area contributed by atoms with E-state index < -0.39 is 5.82 Å². The van der Waals surface area contributed by atoms with Crippen molar-refractivity contribution in [3.8, 4) is 5.75 Å². The van der Waals surface area contributed by atoms with Crippen LogP contribution in [0.2, 0.25) is 0 Å². The number of hydrogen-bond donors (Lipinski definition) is 1. The third-order valence-electron chi connectivity index (χ3n) is 6.14. The van der Waals surface area contributed by atoms with Gasteiger partial charge in [-0.3, -0.25) is 9.69 Å². The standard InChI is InChI=1S/C24H30FN3O2/c1-27-14-11-19-15-18(9-10-21(19)27)22(28-12-5-2-6-13-28)16-26-24(29)17-30-23-8-4-3-7-20(23)25/h3-4,7-10,15,22H,2,5-6,11-14,16-17H2,1H3,(H,26,29)/t22-/m1/s1. The second-order valence-corrected chi connectivity index (χ2v) is 8.20. The van der Waals surface area contributed by atoms with E-state index in [0.717, 1.165) is 26.1 Å². The molecule has 1 N–H and O–H groups in total. The Balaban J connectivity index is 1.41. The van der Waals surface area contributed by atoms with Gasteiger partial charge in [-0.15, -0.1) is 0 Å². The summed E-state index contributed by atoms with van der Waals surface area (Å²) < 4.78 is 19.0. The van der Waals surface area contributed by atoms with Crippen LogP contribution in [-0.4, -0.2) is 50.6 Å². The van der Waals surface area contributed by atoms with E-state index in [0.29, 0.717) is 6.54 Å². The van der Waals surface area contributed by atoms with Crippen molar-refractivity contribution in [1.82, 2.24) is 10.2 Å². The van der Waals surface area contributed by atoms with Crippen molar-refractivity contribution < 1.29 is 13.9 Å². The predicted molar refractivity (Wildman–Crippen MR) is 116 cm³/mol. The van der Waals surface area contributed by atoms with Gasteiger partial charge in [-0.2, -0.15) is 0 Å². The number of hydrogen-bond acceptors (Lipinski definition) is 4. The molecule has 5 nitrogen and oxygen atoms in total. The predicted octanol–water partition coefficient (Wildman–Crippen LogP) is 3.54. The number of halogens is 1. The average molecular weight is 412 g/mol. The lowest BCUT2D eigenvalue weighted by molar-refractivity contribution is -0.123. The Kier molecular flexibility index (Phi) is 6.53. The lowest BCUT2D eigenvalue weighted by Gasteiger charge is -2.35. The number of anilines is 1. The summed E-state index contributed by atoms with van der Waals surface area (Å²) in [6.07, 6.45) is 4.71. The Labute approximate surface area is 177 Å². The number of carbonyl (C=O) groups excluding carboxylic acids is 1.